The summed E-state index contributed by atoms with van der Waals surface area (Å²) in [7, 11) is 0. The predicted molar refractivity (Wildman–Crippen MR) is 78.1 cm³/mol. The molecule has 0 bridgehead atoms. The third kappa shape index (κ3) is 4.33. The van der Waals surface area contributed by atoms with Gasteiger partial charge in [-0.25, -0.2) is 0 Å². The molecule has 4 heteroatoms. The van der Waals surface area contributed by atoms with Crippen LogP contribution < -0.4 is 5.73 Å². The van der Waals surface area contributed by atoms with Gasteiger partial charge in [0, 0.05) is 40.0 Å². The summed E-state index contributed by atoms with van der Waals surface area (Å²) in [6.45, 7) is 0. The molecule has 1 heterocycles. The smallest absolute Gasteiger partial charge is 0.0419 e. The highest BCUT2D eigenvalue weighted by Crippen LogP contribution is 2.22. The minimum Gasteiger partial charge on any atom is -0.327 e. The molecular weight excluding hydrogens is 264 g/mol. The van der Waals surface area contributed by atoms with Crippen molar-refractivity contribution >= 4 is 23.4 Å². The second-order valence-electron chi connectivity index (χ2n) is 4.05. The molecule has 0 aliphatic heterocycles. The number of rotatable bonds is 5. The van der Waals surface area contributed by atoms with Crippen LogP contribution in [-0.4, -0.2) is 16.8 Å². The first-order valence-corrected chi connectivity index (χ1v) is 7.14. The molecule has 1 atom stereocenters. The maximum absolute atomic E-state index is 6.10. The number of thioether (sulfide) groups is 1. The molecule has 1 aromatic heterocycles. The molecule has 94 valence electrons. The molecule has 1 unspecified atom stereocenters. The summed E-state index contributed by atoms with van der Waals surface area (Å²) >= 11 is 7.66. The third-order valence-corrected chi connectivity index (χ3v) is 3.87. The van der Waals surface area contributed by atoms with Crippen LogP contribution in [0.5, 0.6) is 0 Å². The van der Waals surface area contributed by atoms with Gasteiger partial charge in [-0.2, -0.15) is 0 Å². The normalized spacial score (nSPS) is 12.3. The van der Waals surface area contributed by atoms with Gasteiger partial charge in [0.05, 0.1) is 0 Å². The Morgan fingerprint density at radius 2 is 2.11 bits per heavy atom. The lowest BCUT2D eigenvalue weighted by Crippen LogP contribution is -2.25. The Bertz CT molecular complexity index is 490. The highest BCUT2D eigenvalue weighted by molar-refractivity contribution is 7.99. The van der Waals surface area contributed by atoms with E-state index in [1.807, 2.05) is 42.5 Å². The molecule has 0 aliphatic rings. The second-order valence-corrected chi connectivity index (χ2v) is 5.58. The molecule has 0 saturated heterocycles. The van der Waals surface area contributed by atoms with Crippen molar-refractivity contribution in [2.75, 3.05) is 5.75 Å². The van der Waals surface area contributed by atoms with E-state index < -0.39 is 0 Å². The molecule has 2 nitrogen and oxygen atoms in total. The summed E-state index contributed by atoms with van der Waals surface area (Å²) in [5, 5.41) is 0.762. The van der Waals surface area contributed by atoms with Crippen LogP contribution in [0.1, 0.15) is 5.69 Å². The number of nitrogens with zero attached hydrogens (tertiary/aromatic N) is 1. The third-order valence-electron chi connectivity index (χ3n) is 2.46. The van der Waals surface area contributed by atoms with Crippen molar-refractivity contribution in [3.05, 3.63) is 59.4 Å². The maximum Gasteiger partial charge on any atom is 0.0419 e. The van der Waals surface area contributed by atoms with Gasteiger partial charge in [0.1, 0.15) is 0 Å². The summed E-state index contributed by atoms with van der Waals surface area (Å²) < 4.78 is 0. The summed E-state index contributed by atoms with van der Waals surface area (Å²) in [5.41, 5.74) is 7.14. The average molecular weight is 279 g/mol. The van der Waals surface area contributed by atoms with E-state index in [0.717, 1.165) is 27.8 Å². The van der Waals surface area contributed by atoms with E-state index in [1.54, 1.807) is 18.0 Å². The minimum atomic E-state index is 0.101. The molecule has 18 heavy (non-hydrogen) atoms. The summed E-state index contributed by atoms with van der Waals surface area (Å²) in [4.78, 5) is 5.43. The first-order chi connectivity index (χ1) is 8.74. The second kappa shape index (κ2) is 6.78. The summed E-state index contributed by atoms with van der Waals surface area (Å²) in [6, 6.07) is 13.8. The topological polar surface area (TPSA) is 38.9 Å². The maximum atomic E-state index is 6.10. The van der Waals surface area contributed by atoms with Gasteiger partial charge in [-0.05, 0) is 30.3 Å². The van der Waals surface area contributed by atoms with E-state index in [4.69, 9.17) is 17.3 Å². The van der Waals surface area contributed by atoms with Crippen LogP contribution in [0.4, 0.5) is 0 Å². The van der Waals surface area contributed by atoms with E-state index in [2.05, 4.69) is 4.98 Å². The molecule has 0 aliphatic carbocycles. The van der Waals surface area contributed by atoms with Crippen LogP contribution in [-0.2, 0) is 6.42 Å². The number of hydrogen-bond acceptors (Lipinski definition) is 3. The zero-order valence-corrected chi connectivity index (χ0v) is 11.5. The van der Waals surface area contributed by atoms with Crippen molar-refractivity contribution in [1.29, 1.82) is 0 Å². The first-order valence-electron chi connectivity index (χ1n) is 5.78. The number of benzene rings is 1. The van der Waals surface area contributed by atoms with Crippen LogP contribution >= 0.6 is 23.4 Å². The Balaban J connectivity index is 1.83. The van der Waals surface area contributed by atoms with Gasteiger partial charge in [0.2, 0.25) is 0 Å². The molecule has 0 amide bonds. The molecule has 2 aromatic rings. The first kappa shape index (κ1) is 13.4. The Morgan fingerprint density at radius 1 is 1.22 bits per heavy atom. The van der Waals surface area contributed by atoms with Gasteiger partial charge in [-0.1, -0.05) is 23.7 Å². The van der Waals surface area contributed by atoms with E-state index in [9.17, 15) is 0 Å². The zero-order valence-electron chi connectivity index (χ0n) is 9.92. The summed E-state index contributed by atoms with van der Waals surface area (Å²) in [5.74, 6) is 0.858. The van der Waals surface area contributed by atoms with Crippen molar-refractivity contribution in [1.82, 2.24) is 4.98 Å². The zero-order chi connectivity index (χ0) is 12.8. The lowest BCUT2D eigenvalue weighted by atomic mass is 10.2. The molecule has 0 radical (unpaired) electrons. The van der Waals surface area contributed by atoms with Crippen LogP contribution in [0.3, 0.4) is 0 Å². The molecule has 2 N–H and O–H groups in total. The number of nitrogens with two attached hydrogens (primary N) is 1. The van der Waals surface area contributed by atoms with E-state index in [-0.39, 0.29) is 6.04 Å². The highest BCUT2D eigenvalue weighted by Gasteiger charge is 2.06. The van der Waals surface area contributed by atoms with Gasteiger partial charge < -0.3 is 5.73 Å². The monoisotopic (exact) mass is 278 g/mol. The number of aromatic nitrogens is 1. The van der Waals surface area contributed by atoms with E-state index >= 15 is 0 Å². The van der Waals surface area contributed by atoms with E-state index in [1.165, 1.54) is 0 Å². The van der Waals surface area contributed by atoms with Crippen molar-refractivity contribution in [2.24, 2.45) is 5.73 Å². The Kier molecular flexibility index (Phi) is 5.05. The number of hydrogen-bond donors (Lipinski definition) is 1. The molecular formula is C14H15ClN2S. The average Bonchev–Trinajstić information content (AvgIpc) is 2.38. The fourth-order valence-electron chi connectivity index (χ4n) is 1.61. The molecule has 0 saturated carbocycles. The van der Waals surface area contributed by atoms with Gasteiger partial charge in [-0.15, -0.1) is 11.8 Å². The lowest BCUT2D eigenvalue weighted by molar-refractivity contribution is 0.732. The van der Waals surface area contributed by atoms with Gasteiger partial charge in [0.15, 0.2) is 0 Å². The van der Waals surface area contributed by atoms with Crippen LogP contribution in [0.2, 0.25) is 5.02 Å². The van der Waals surface area contributed by atoms with Gasteiger partial charge in [0.25, 0.3) is 0 Å². The van der Waals surface area contributed by atoms with Crippen LogP contribution in [0, 0.1) is 0 Å². The molecule has 1 aromatic carbocycles. The lowest BCUT2D eigenvalue weighted by Gasteiger charge is -2.10. The van der Waals surface area contributed by atoms with Crippen molar-refractivity contribution in [3.8, 4) is 0 Å². The predicted octanol–water partition coefficient (Wildman–Crippen LogP) is 3.40. The highest BCUT2D eigenvalue weighted by atomic mass is 35.5. The minimum absolute atomic E-state index is 0.101. The Morgan fingerprint density at radius 3 is 2.83 bits per heavy atom. The molecule has 2 rings (SSSR count). The van der Waals surface area contributed by atoms with Crippen LogP contribution in [0.15, 0.2) is 53.6 Å². The number of halogens is 1. The van der Waals surface area contributed by atoms with Crippen molar-refractivity contribution < 1.29 is 0 Å². The largest absolute Gasteiger partial charge is 0.327 e. The Hall–Kier alpha value is -1.03. The fourth-order valence-corrected chi connectivity index (χ4v) is 2.77. The number of pyridine rings is 1. The molecule has 0 fully saturated rings. The Labute approximate surface area is 117 Å². The fraction of sp³-hybridized carbons (Fsp3) is 0.214. The quantitative estimate of drug-likeness (QED) is 0.852. The summed E-state index contributed by atoms with van der Waals surface area (Å²) in [6.07, 6.45) is 2.60. The molecule has 0 spiro atoms. The van der Waals surface area contributed by atoms with Crippen LogP contribution in [0.25, 0.3) is 0 Å². The van der Waals surface area contributed by atoms with E-state index in [0.29, 0.717) is 0 Å². The van der Waals surface area contributed by atoms with Gasteiger partial charge >= 0.3 is 0 Å². The van der Waals surface area contributed by atoms with Crippen molar-refractivity contribution in [3.63, 3.8) is 0 Å². The SMILES string of the molecule is NC(CSc1cccc(Cl)c1)Cc1ccccn1. The standard InChI is InChI=1S/C14H15ClN2S/c15-11-4-3-6-14(8-11)18-10-12(16)9-13-5-1-2-7-17-13/h1-8,12H,9-10,16H2. The van der Waals surface area contributed by atoms with Crippen molar-refractivity contribution in [2.45, 2.75) is 17.4 Å². The van der Waals surface area contributed by atoms with Gasteiger partial charge in [-0.3, -0.25) is 4.98 Å².